The SMILES string of the molecule is O=c1[nH]c(NCc2csc3ccccc23)nc2c1ncn2[C@@H]1O[C@H](COP(=O)(O)O)[C@@H](O)[C@H]1O. The van der Waals surface area contributed by atoms with Crippen LogP contribution in [0.4, 0.5) is 5.95 Å². The first-order valence-electron chi connectivity index (χ1n) is 10.1. The topological polar surface area (TPSA) is 192 Å². The molecule has 1 aromatic carbocycles. The van der Waals surface area contributed by atoms with E-state index in [1.54, 1.807) is 11.3 Å². The van der Waals surface area contributed by atoms with Crippen LogP contribution in [-0.4, -0.2) is 64.4 Å². The number of phosphoric ester groups is 1. The number of hydrogen-bond acceptors (Lipinski definition) is 10. The van der Waals surface area contributed by atoms with Crippen LogP contribution in [0.1, 0.15) is 11.8 Å². The van der Waals surface area contributed by atoms with Crippen LogP contribution in [0.5, 0.6) is 0 Å². The Morgan fingerprint density at radius 1 is 1.26 bits per heavy atom. The normalized spacial score (nSPS) is 23.2. The molecule has 6 N–H and O–H groups in total. The molecule has 0 aliphatic carbocycles. The van der Waals surface area contributed by atoms with Crippen LogP contribution in [0.15, 0.2) is 40.8 Å². The minimum atomic E-state index is -4.80. The molecular weight excluding hydrogens is 489 g/mol. The maximum absolute atomic E-state index is 12.6. The van der Waals surface area contributed by atoms with E-state index in [0.717, 1.165) is 15.6 Å². The van der Waals surface area contributed by atoms with Gasteiger partial charge in [0.05, 0.1) is 12.9 Å². The fraction of sp³-hybridized carbons (Fsp3) is 0.316. The monoisotopic (exact) mass is 509 g/mol. The first-order chi connectivity index (χ1) is 16.2. The summed E-state index contributed by atoms with van der Waals surface area (Å²) in [5.41, 5.74) is 0.597. The molecule has 3 aromatic heterocycles. The highest BCUT2D eigenvalue weighted by Gasteiger charge is 2.45. The van der Waals surface area contributed by atoms with Gasteiger partial charge >= 0.3 is 7.82 Å². The van der Waals surface area contributed by atoms with Crippen LogP contribution in [-0.2, 0) is 20.4 Å². The summed E-state index contributed by atoms with van der Waals surface area (Å²) in [6.45, 7) is -0.253. The number of nitrogens with zero attached hydrogens (tertiary/aromatic N) is 3. The largest absolute Gasteiger partial charge is 0.469 e. The number of anilines is 1. The second kappa shape index (κ2) is 8.83. The summed E-state index contributed by atoms with van der Waals surface area (Å²) in [5, 5.41) is 26.9. The van der Waals surface area contributed by atoms with Crippen LogP contribution in [0.25, 0.3) is 21.3 Å². The van der Waals surface area contributed by atoms with Gasteiger partial charge in [-0.25, -0.2) is 9.55 Å². The van der Waals surface area contributed by atoms with Crippen LogP contribution >= 0.6 is 19.2 Å². The number of rotatable bonds is 7. The molecule has 0 bridgehead atoms. The van der Waals surface area contributed by atoms with E-state index in [-0.39, 0.29) is 17.1 Å². The first-order valence-corrected chi connectivity index (χ1v) is 12.5. The average molecular weight is 509 g/mol. The van der Waals surface area contributed by atoms with Gasteiger partial charge in [-0.15, -0.1) is 11.3 Å². The van der Waals surface area contributed by atoms with Gasteiger partial charge in [-0.2, -0.15) is 4.98 Å². The average Bonchev–Trinajstić information content (AvgIpc) is 3.47. The zero-order chi connectivity index (χ0) is 24.0. The highest BCUT2D eigenvalue weighted by molar-refractivity contribution is 7.46. The van der Waals surface area contributed by atoms with Crippen molar-refractivity contribution in [3.8, 4) is 0 Å². The van der Waals surface area contributed by atoms with Crippen molar-refractivity contribution in [2.45, 2.75) is 31.1 Å². The van der Waals surface area contributed by atoms with Crippen molar-refractivity contribution in [1.82, 2.24) is 19.5 Å². The van der Waals surface area contributed by atoms with Crippen molar-refractivity contribution in [3.05, 3.63) is 51.9 Å². The highest BCUT2D eigenvalue weighted by atomic mass is 32.1. The van der Waals surface area contributed by atoms with Crippen LogP contribution in [0.3, 0.4) is 0 Å². The Bertz CT molecular complexity index is 1450. The highest BCUT2D eigenvalue weighted by Crippen LogP contribution is 2.38. The number of fused-ring (bicyclic) bond motifs is 2. The van der Waals surface area contributed by atoms with Gasteiger partial charge in [-0.1, -0.05) is 18.2 Å². The number of nitrogens with one attached hydrogen (secondary N) is 2. The third-order valence-corrected chi connectivity index (χ3v) is 6.96. The molecule has 4 atom stereocenters. The van der Waals surface area contributed by atoms with Crippen molar-refractivity contribution in [2.24, 2.45) is 0 Å². The summed E-state index contributed by atoms with van der Waals surface area (Å²) in [5.74, 6) is 0.170. The summed E-state index contributed by atoms with van der Waals surface area (Å²) in [4.78, 5) is 41.4. The summed E-state index contributed by atoms with van der Waals surface area (Å²) >= 11 is 1.61. The van der Waals surface area contributed by atoms with E-state index in [0.29, 0.717) is 6.54 Å². The van der Waals surface area contributed by atoms with Crippen molar-refractivity contribution >= 4 is 46.4 Å². The number of phosphoric acid groups is 1. The quantitative estimate of drug-likeness (QED) is 0.192. The second-order valence-electron chi connectivity index (χ2n) is 7.68. The molecule has 1 fully saturated rings. The number of imidazole rings is 1. The lowest BCUT2D eigenvalue weighted by Gasteiger charge is -2.16. The Hall–Kier alpha value is -2.68. The molecule has 0 unspecified atom stereocenters. The molecule has 0 saturated carbocycles. The number of hydrogen-bond donors (Lipinski definition) is 6. The first kappa shape index (κ1) is 23.1. The Morgan fingerprint density at radius 2 is 2.06 bits per heavy atom. The van der Waals surface area contributed by atoms with Gasteiger partial charge in [0.1, 0.15) is 18.3 Å². The molecule has 34 heavy (non-hydrogen) atoms. The molecule has 4 heterocycles. The van der Waals surface area contributed by atoms with Gasteiger partial charge < -0.3 is 30.1 Å². The molecule has 1 saturated heterocycles. The lowest BCUT2D eigenvalue weighted by atomic mass is 10.1. The lowest BCUT2D eigenvalue weighted by molar-refractivity contribution is -0.0503. The minimum absolute atomic E-state index is 0.00765. The number of aliphatic hydroxyl groups is 2. The third kappa shape index (κ3) is 4.37. The smallest absolute Gasteiger partial charge is 0.387 e. The van der Waals surface area contributed by atoms with Crippen molar-refractivity contribution in [2.75, 3.05) is 11.9 Å². The van der Waals surface area contributed by atoms with E-state index >= 15 is 0 Å². The molecule has 1 aliphatic heterocycles. The van der Waals surface area contributed by atoms with E-state index in [9.17, 15) is 19.6 Å². The molecule has 13 nitrogen and oxygen atoms in total. The predicted molar refractivity (Wildman–Crippen MR) is 121 cm³/mol. The zero-order valence-corrected chi connectivity index (χ0v) is 19.0. The predicted octanol–water partition coefficient (Wildman–Crippen LogP) is 0.675. The Kier molecular flexibility index (Phi) is 6.00. The number of aromatic amines is 1. The van der Waals surface area contributed by atoms with Gasteiger partial charge in [-0.05, 0) is 22.4 Å². The summed E-state index contributed by atoms with van der Waals surface area (Å²) < 4.78 is 23.3. The minimum Gasteiger partial charge on any atom is -0.387 e. The van der Waals surface area contributed by atoms with E-state index in [1.807, 2.05) is 29.6 Å². The number of thiophene rings is 1. The molecule has 15 heteroatoms. The zero-order valence-electron chi connectivity index (χ0n) is 17.3. The van der Waals surface area contributed by atoms with Crippen molar-refractivity contribution in [1.29, 1.82) is 0 Å². The number of H-pyrrole nitrogens is 1. The van der Waals surface area contributed by atoms with Gasteiger partial charge in [0.25, 0.3) is 5.56 Å². The van der Waals surface area contributed by atoms with E-state index in [1.165, 1.54) is 10.9 Å². The molecule has 5 rings (SSSR count). The van der Waals surface area contributed by atoms with E-state index in [2.05, 4.69) is 24.8 Å². The summed E-state index contributed by atoms with van der Waals surface area (Å²) in [6, 6.07) is 7.94. The molecule has 4 aromatic rings. The summed E-state index contributed by atoms with van der Waals surface area (Å²) in [7, 11) is -4.80. The molecule has 0 amide bonds. The third-order valence-electron chi connectivity index (χ3n) is 5.46. The standard InChI is InChI=1S/C19H20N5O8PS/c25-14-11(6-31-33(28,29)30)32-18(15(14)26)24-8-21-13-16(24)22-19(23-17(13)27)20-5-9-7-34-12-4-2-1-3-10(9)12/h1-4,7-8,11,14-15,18,25-26H,5-6H2,(H2,28,29,30)(H2,20,22,23,27)/t11-,14-,15-,18-/m1/s1. The second-order valence-corrected chi connectivity index (χ2v) is 9.83. The van der Waals surface area contributed by atoms with Gasteiger partial charge in [0.15, 0.2) is 17.4 Å². The Balaban J connectivity index is 1.40. The molecule has 0 radical (unpaired) electrons. The number of aromatic nitrogens is 4. The molecule has 0 spiro atoms. The van der Waals surface area contributed by atoms with Crippen molar-refractivity contribution in [3.63, 3.8) is 0 Å². The van der Waals surface area contributed by atoms with Gasteiger partial charge in [0, 0.05) is 11.2 Å². The van der Waals surface area contributed by atoms with Crippen LogP contribution in [0.2, 0.25) is 0 Å². The maximum Gasteiger partial charge on any atom is 0.469 e. The molecule has 180 valence electrons. The number of ether oxygens (including phenoxy) is 1. The van der Waals surface area contributed by atoms with E-state index in [4.69, 9.17) is 14.5 Å². The molecule has 1 aliphatic rings. The van der Waals surface area contributed by atoms with Crippen LogP contribution < -0.4 is 10.9 Å². The fourth-order valence-corrected chi connectivity index (χ4v) is 5.12. The van der Waals surface area contributed by atoms with Gasteiger partial charge in [0.2, 0.25) is 5.95 Å². The number of aliphatic hydroxyl groups excluding tert-OH is 2. The van der Waals surface area contributed by atoms with Crippen LogP contribution in [0, 0.1) is 0 Å². The summed E-state index contributed by atoms with van der Waals surface area (Å²) in [6.07, 6.45) is -4.20. The Morgan fingerprint density at radius 3 is 2.85 bits per heavy atom. The van der Waals surface area contributed by atoms with Gasteiger partial charge in [-0.3, -0.25) is 18.9 Å². The fourth-order valence-electron chi connectivity index (χ4n) is 3.81. The molecular formula is C19H20N5O8PS. The maximum atomic E-state index is 12.6. The van der Waals surface area contributed by atoms with Crippen molar-refractivity contribution < 1.29 is 33.8 Å². The lowest BCUT2D eigenvalue weighted by Crippen LogP contribution is -2.33. The Labute approximate surface area is 194 Å². The number of benzene rings is 1. The van der Waals surface area contributed by atoms with E-state index < -0.39 is 44.5 Å².